The summed E-state index contributed by atoms with van der Waals surface area (Å²) >= 11 is 0. The third-order valence-electron chi connectivity index (χ3n) is 5.87. The van der Waals surface area contributed by atoms with Crippen molar-refractivity contribution in [3.8, 4) is 11.1 Å². The first-order valence-electron chi connectivity index (χ1n) is 10.6. The number of benzene rings is 2. The molecule has 0 unspecified atom stereocenters. The summed E-state index contributed by atoms with van der Waals surface area (Å²) in [6.07, 6.45) is 0.288. The van der Waals surface area contributed by atoms with Crippen molar-refractivity contribution in [2.45, 2.75) is 25.2 Å². The van der Waals surface area contributed by atoms with Crippen LogP contribution in [0.3, 0.4) is 0 Å². The molecule has 4 rings (SSSR count). The molecule has 8 heteroatoms. The minimum atomic E-state index is -0.902. The van der Waals surface area contributed by atoms with Crippen LogP contribution in [0, 0.1) is 12.3 Å². The maximum absolute atomic E-state index is 12.6. The Hall–Kier alpha value is -3.23. The van der Waals surface area contributed by atoms with Crippen molar-refractivity contribution >= 4 is 17.7 Å². The molecule has 2 fully saturated rings. The summed E-state index contributed by atoms with van der Waals surface area (Å²) in [5.74, 6) is -1.55. The van der Waals surface area contributed by atoms with Gasteiger partial charge in [0, 0.05) is 12.0 Å². The highest BCUT2D eigenvalue weighted by atomic mass is 16.7. The third-order valence-corrected chi connectivity index (χ3v) is 5.87. The Morgan fingerprint density at radius 3 is 2.28 bits per heavy atom. The van der Waals surface area contributed by atoms with E-state index in [0.29, 0.717) is 18.8 Å². The Labute approximate surface area is 187 Å². The molecule has 32 heavy (non-hydrogen) atoms. The number of carbonyl (C=O) groups excluding carboxylic acids is 2. The molecule has 2 N–H and O–H groups in total. The Morgan fingerprint density at radius 1 is 1.09 bits per heavy atom. The zero-order valence-corrected chi connectivity index (χ0v) is 18.2. The van der Waals surface area contributed by atoms with Gasteiger partial charge in [-0.25, -0.2) is 4.79 Å². The quantitative estimate of drug-likeness (QED) is 0.423. The first-order valence-corrected chi connectivity index (χ1v) is 10.6. The smallest absolute Gasteiger partial charge is 0.328 e. The normalized spacial score (nSPS) is 19.2. The number of aryl methyl sites for hydroxylation is 1. The van der Waals surface area contributed by atoms with Crippen LogP contribution in [0.5, 0.6) is 0 Å². The predicted molar refractivity (Wildman–Crippen MR) is 118 cm³/mol. The molecule has 168 valence electrons. The van der Waals surface area contributed by atoms with Crippen molar-refractivity contribution in [2.24, 2.45) is 0 Å². The molecule has 8 nitrogen and oxygen atoms in total. The summed E-state index contributed by atoms with van der Waals surface area (Å²) in [5.41, 5.74) is 3.79. The van der Waals surface area contributed by atoms with Crippen LogP contribution in [0.15, 0.2) is 48.5 Å². The molecule has 2 heterocycles. The van der Waals surface area contributed by atoms with E-state index < -0.39 is 17.8 Å². The van der Waals surface area contributed by atoms with E-state index in [0.717, 1.165) is 11.1 Å². The van der Waals surface area contributed by atoms with Gasteiger partial charge in [-0.3, -0.25) is 10.2 Å². The van der Waals surface area contributed by atoms with E-state index in [4.69, 9.17) is 19.6 Å². The van der Waals surface area contributed by atoms with Gasteiger partial charge in [-0.2, -0.15) is 0 Å². The molecule has 0 aliphatic carbocycles. The summed E-state index contributed by atoms with van der Waals surface area (Å²) in [7, 11) is 1.31. The van der Waals surface area contributed by atoms with Crippen LogP contribution in [-0.4, -0.2) is 67.9 Å². The lowest BCUT2D eigenvalue weighted by Gasteiger charge is -2.25. The van der Waals surface area contributed by atoms with E-state index in [1.54, 1.807) is 17.0 Å². The van der Waals surface area contributed by atoms with Crippen LogP contribution < -0.4 is 5.32 Å². The molecule has 0 bridgehead atoms. The number of nitrogens with zero attached hydrogens (tertiary/aromatic N) is 1. The number of amides is 1. The Bertz CT molecular complexity index is 997. The van der Waals surface area contributed by atoms with E-state index >= 15 is 0 Å². The van der Waals surface area contributed by atoms with Gasteiger partial charge < -0.3 is 24.4 Å². The number of carbonyl (C=O) groups is 2. The molecule has 0 radical (unpaired) electrons. The van der Waals surface area contributed by atoms with Crippen molar-refractivity contribution in [3.63, 3.8) is 0 Å². The van der Waals surface area contributed by atoms with Crippen LogP contribution in [-0.2, 0) is 19.0 Å². The van der Waals surface area contributed by atoms with Crippen molar-refractivity contribution < 1.29 is 23.8 Å². The number of rotatable bonds is 5. The SMILES string of the molecule is COC(=O)[C@@H]1CC2(CN1C(=N)CNC(=O)c1ccc(-c3ccc(C)cc3)cc1)OCCO2. The molecular formula is C24H27N3O5. The summed E-state index contributed by atoms with van der Waals surface area (Å²) in [5, 5.41) is 11.2. The van der Waals surface area contributed by atoms with E-state index in [1.165, 1.54) is 12.7 Å². The lowest BCUT2D eigenvalue weighted by molar-refractivity contribution is -0.152. The topological polar surface area (TPSA) is 101 Å². The summed E-state index contributed by atoms with van der Waals surface area (Å²) in [4.78, 5) is 26.4. The number of methoxy groups -OCH3 is 1. The van der Waals surface area contributed by atoms with E-state index in [9.17, 15) is 9.59 Å². The van der Waals surface area contributed by atoms with Gasteiger partial charge in [-0.05, 0) is 30.2 Å². The molecule has 2 aliphatic rings. The maximum atomic E-state index is 12.6. The zero-order chi connectivity index (χ0) is 22.7. The first-order chi connectivity index (χ1) is 15.4. The summed E-state index contributed by atoms with van der Waals surface area (Å²) < 4.78 is 16.3. The molecule has 2 aromatic carbocycles. The molecule has 1 amide bonds. The standard InChI is InChI=1S/C24H27N3O5/c1-16-3-5-17(6-4-16)18-7-9-19(10-8-18)22(28)26-14-21(25)27-15-24(31-11-12-32-24)13-20(27)23(29)30-2/h3-10,20,25H,11-15H2,1-2H3,(H,26,28)/t20-/m0/s1. The maximum Gasteiger partial charge on any atom is 0.328 e. The average molecular weight is 437 g/mol. The van der Waals surface area contributed by atoms with Crippen molar-refractivity contribution in [3.05, 3.63) is 59.7 Å². The first kappa shape index (κ1) is 22.0. The van der Waals surface area contributed by atoms with Gasteiger partial charge >= 0.3 is 5.97 Å². The van der Waals surface area contributed by atoms with E-state index in [-0.39, 0.29) is 31.3 Å². The Kier molecular flexibility index (Phi) is 6.25. The lowest BCUT2D eigenvalue weighted by Crippen LogP contribution is -2.46. The van der Waals surface area contributed by atoms with Gasteiger partial charge in [0.25, 0.3) is 5.91 Å². The number of hydrogen-bond acceptors (Lipinski definition) is 6. The minimum Gasteiger partial charge on any atom is -0.467 e. The lowest BCUT2D eigenvalue weighted by atomic mass is 10.0. The number of likely N-dealkylation sites (tertiary alicyclic amines) is 1. The Morgan fingerprint density at radius 2 is 1.69 bits per heavy atom. The van der Waals surface area contributed by atoms with Crippen molar-refractivity contribution in [1.82, 2.24) is 10.2 Å². The largest absolute Gasteiger partial charge is 0.467 e. The number of esters is 1. The highest BCUT2D eigenvalue weighted by Crippen LogP contribution is 2.35. The molecule has 0 saturated carbocycles. The fourth-order valence-corrected chi connectivity index (χ4v) is 4.10. The van der Waals surface area contributed by atoms with Gasteiger partial charge in [0.05, 0.1) is 33.4 Å². The highest BCUT2D eigenvalue weighted by Gasteiger charge is 2.52. The summed E-state index contributed by atoms with van der Waals surface area (Å²) in [6.45, 7) is 3.15. The highest BCUT2D eigenvalue weighted by molar-refractivity contribution is 5.98. The summed E-state index contributed by atoms with van der Waals surface area (Å²) in [6, 6.07) is 14.8. The fourth-order valence-electron chi connectivity index (χ4n) is 4.10. The van der Waals surface area contributed by atoms with E-state index in [2.05, 4.69) is 5.32 Å². The average Bonchev–Trinajstić information content (AvgIpc) is 3.44. The van der Waals surface area contributed by atoms with Crippen LogP contribution in [0.25, 0.3) is 11.1 Å². The number of ether oxygens (including phenoxy) is 3. The Balaban J connectivity index is 1.38. The van der Waals surface area contributed by atoms with E-state index in [1.807, 2.05) is 43.3 Å². The molecule has 1 atom stereocenters. The molecule has 2 aliphatic heterocycles. The van der Waals surface area contributed by atoms with Crippen LogP contribution in [0.4, 0.5) is 0 Å². The van der Waals surface area contributed by atoms with Gasteiger partial charge in [0.15, 0.2) is 5.79 Å². The van der Waals surface area contributed by atoms with Gasteiger partial charge in [-0.1, -0.05) is 42.0 Å². The number of amidine groups is 1. The predicted octanol–water partition coefficient (Wildman–Crippen LogP) is 2.36. The monoisotopic (exact) mass is 437 g/mol. The van der Waals surface area contributed by atoms with Crippen molar-refractivity contribution in [1.29, 1.82) is 5.41 Å². The van der Waals surface area contributed by atoms with Crippen LogP contribution in [0.2, 0.25) is 0 Å². The number of hydrogen-bond donors (Lipinski definition) is 2. The molecule has 0 aromatic heterocycles. The van der Waals surface area contributed by atoms with Crippen molar-refractivity contribution in [2.75, 3.05) is 33.4 Å². The third kappa shape index (κ3) is 4.51. The fraction of sp³-hybridized carbons (Fsp3) is 0.375. The second-order valence-corrected chi connectivity index (χ2v) is 8.05. The molecule has 2 saturated heterocycles. The molecule has 2 aromatic rings. The zero-order valence-electron chi connectivity index (χ0n) is 18.2. The second kappa shape index (κ2) is 9.10. The molecular weight excluding hydrogens is 410 g/mol. The molecule has 1 spiro atoms. The second-order valence-electron chi connectivity index (χ2n) is 8.05. The minimum absolute atomic E-state index is 0.0257. The van der Waals surface area contributed by atoms with Gasteiger partial charge in [0.1, 0.15) is 11.9 Å². The van der Waals surface area contributed by atoms with Crippen LogP contribution >= 0.6 is 0 Å². The van der Waals surface area contributed by atoms with Gasteiger partial charge in [0.2, 0.25) is 0 Å². The number of nitrogens with one attached hydrogen (secondary N) is 2. The van der Waals surface area contributed by atoms with Crippen LogP contribution in [0.1, 0.15) is 22.3 Å². The van der Waals surface area contributed by atoms with Gasteiger partial charge in [-0.15, -0.1) is 0 Å².